The van der Waals surface area contributed by atoms with Crippen molar-refractivity contribution in [1.29, 1.82) is 0 Å². The van der Waals surface area contributed by atoms with Gasteiger partial charge in [-0.15, -0.1) is 10.2 Å². The quantitative estimate of drug-likeness (QED) is 0.560. The number of hydrogen-bond acceptors (Lipinski definition) is 7. The number of nitrogens with one attached hydrogen (secondary N) is 2. The Morgan fingerprint density at radius 2 is 1.77 bits per heavy atom. The van der Waals surface area contributed by atoms with Crippen LogP contribution < -0.4 is 20.1 Å². The lowest BCUT2D eigenvalue weighted by atomic mass is 10.3. The number of ether oxygens (including phenoxy) is 2. The zero-order valence-electron chi connectivity index (χ0n) is 16.1. The van der Waals surface area contributed by atoms with E-state index in [2.05, 4.69) is 20.8 Å². The highest BCUT2D eigenvalue weighted by Crippen LogP contribution is 2.34. The summed E-state index contributed by atoms with van der Waals surface area (Å²) in [6, 6.07) is 14.4. The maximum Gasteiger partial charge on any atom is 0.234 e. The number of anilines is 2. The lowest BCUT2D eigenvalue weighted by Gasteiger charge is -2.07. The molecule has 0 atom stereocenters. The summed E-state index contributed by atoms with van der Waals surface area (Å²) < 4.78 is 12.3. The lowest BCUT2D eigenvalue weighted by molar-refractivity contribution is -0.116. The van der Waals surface area contributed by atoms with Gasteiger partial charge in [0.15, 0.2) is 16.7 Å². The average Bonchev–Trinajstić information content (AvgIpc) is 3.34. The Hall–Kier alpha value is -3.53. The highest BCUT2D eigenvalue weighted by molar-refractivity contribution is 7.99. The zero-order valence-corrected chi connectivity index (χ0v) is 16.9. The second-order valence-electron chi connectivity index (χ2n) is 6.45. The van der Waals surface area contributed by atoms with Crippen LogP contribution in [0.3, 0.4) is 0 Å². The molecule has 10 heteroatoms. The molecule has 0 fully saturated rings. The van der Waals surface area contributed by atoms with Gasteiger partial charge < -0.3 is 24.7 Å². The summed E-state index contributed by atoms with van der Waals surface area (Å²) in [5.74, 6) is 1.55. The standard InChI is InChI=1S/C20H19N5O4S/c1-25-17(10-18(26)21-13-5-3-2-4-6-13)23-24-20(25)30-11-19(27)22-14-7-8-15-16(9-14)29-12-28-15/h2-9H,10-12H2,1H3,(H,21,26)(H,22,27). The van der Waals surface area contributed by atoms with Gasteiger partial charge in [-0.2, -0.15) is 0 Å². The van der Waals surface area contributed by atoms with E-state index in [1.165, 1.54) is 11.8 Å². The summed E-state index contributed by atoms with van der Waals surface area (Å²) in [4.78, 5) is 24.5. The molecule has 1 aliphatic heterocycles. The summed E-state index contributed by atoms with van der Waals surface area (Å²) in [7, 11) is 1.77. The van der Waals surface area contributed by atoms with Crippen LogP contribution in [0.15, 0.2) is 53.7 Å². The Morgan fingerprint density at radius 1 is 1.00 bits per heavy atom. The molecule has 0 bridgehead atoms. The number of para-hydroxylation sites is 1. The van der Waals surface area contributed by atoms with Crippen molar-refractivity contribution in [2.24, 2.45) is 7.05 Å². The van der Waals surface area contributed by atoms with E-state index in [0.717, 1.165) is 5.69 Å². The van der Waals surface area contributed by atoms with Gasteiger partial charge in [-0.25, -0.2) is 0 Å². The number of nitrogens with zero attached hydrogens (tertiary/aromatic N) is 3. The number of benzene rings is 2. The van der Waals surface area contributed by atoms with Gasteiger partial charge in [0.25, 0.3) is 0 Å². The van der Waals surface area contributed by atoms with E-state index < -0.39 is 0 Å². The van der Waals surface area contributed by atoms with E-state index in [9.17, 15) is 9.59 Å². The topological polar surface area (TPSA) is 107 Å². The predicted octanol–water partition coefficient (Wildman–Crippen LogP) is 2.46. The van der Waals surface area contributed by atoms with Crippen LogP contribution in [0.2, 0.25) is 0 Å². The minimum absolute atomic E-state index is 0.0857. The first-order valence-corrected chi connectivity index (χ1v) is 10.1. The van der Waals surface area contributed by atoms with Gasteiger partial charge in [0.05, 0.1) is 12.2 Å². The maximum absolute atomic E-state index is 12.3. The number of aromatic nitrogens is 3. The molecule has 2 aromatic carbocycles. The molecule has 0 saturated heterocycles. The van der Waals surface area contributed by atoms with Crippen LogP contribution in [0.4, 0.5) is 11.4 Å². The third-order valence-corrected chi connectivity index (χ3v) is 5.31. The van der Waals surface area contributed by atoms with Gasteiger partial charge in [-0.3, -0.25) is 9.59 Å². The number of amides is 2. The SMILES string of the molecule is Cn1c(CC(=O)Nc2ccccc2)nnc1SCC(=O)Nc1ccc2c(c1)OCO2. The molecule has 1 aromatic heterocycles. The van der Waals surface area contributed by atoms with Crippen LogP contribution in [0.25, 0.3) is 0 Å². The Morgan fingerprint density at radius 3 is 2.60 bits per heavy atom. The van der Waals surface area contributed by atoms with Crippen LogP contribution in [0.5, 0.6) is 11.5 Å². The predicted molar refractivity (Wildman–Crippen MR) is 112 cm³/mol. The van der Waals surface area contributed by atoms with Gasteiger partial charge >= 0.3 is 0 Å². The summed E-state index contributed by atoms with van der Waals surface area (Å²) in [5, 5.41) is 14.3. The minimum atomic E-state index is -0.190. The van der Waals surface area contributed by atoms with Gasteiger partial charge in [0, 0.05) is 24.5 Å². The first-order valence-electron chi connectivity index (χ1n) is 9.14. The molecule has 0 radical (unpaired) electrons. The number of hydrogen-bond donors (Lipinski definition) is 2. The first kappa shape index (κ1) is 19.8. The van der Waals surface area contributed by atoms with Crippen molar-refractivity contribution >= 4 is 35.0 Å². The van der Waals surface area contributed by atoms with Gasteiger partial charge in [-0.1, -0.05) is 30.0 Å². The van der Waals surface area contributed by atoms with Gasteiger partial charge in [0.2, 0.25) is 18.6 Å². The van der Waals surface area contributed by atoms with E-state index in [4.69, 9.17) is 9.47 Å². The monoisotopic (exact) mass is 425 g/mol. The van der Waals surface area contributed by atoms with Crippen molar-refractivity contribution in [3.63, 3.8) is 0 Å². The van der Waals surface area contributed by atoms with Crippen molar-refractivity contribution in [3.05, 3.63) is 54.4 Å². The van der Waals surface area contributed by atoms with E-state index in [1.807, 2.05) is 30.3 Å². The molecule has 0 saturated carbocycles. The van der Waals surface area contributed by atoms with E-state index in [0.29, 0.717) is 28.2 Å². The summed E-state index contributed by atoms with van der Waals surface area (Å²) >= 11 is 1.24. The Kier molecular flexibility index (Phi) is 5.84. The van der Waals surface area contributed by atoms with Crippen LogP contribution in [0.1, 0.15) is 5.82 Å². The van der Waals surface area contributed by atoms with Gasteiger partial charge in [-0.05, 0) is 24.3 Å². The number of fused-ring (bicyclic) bond motifs is 1. The maximum atomic E-state index is 12.3. The molecule has 9 nitrogen and oxygen atoms in total. The molecule has 1 aliphatic rings. The Balaban J connectivity index is 1.29. The number of carbonyl (C=O) groups is 2. The van der Waals surface area contributed by atoms with Crippen molar-refractivity contribution in [3.8, 4) is 11.5 Å². The van der Waals surface area contributed by atoms with Crippen molar-refractivity contribution in [2.45, 2.75) is 11.6 Å². The molecule has 30 heavy (non-hydrogen) atoms. The van der Waals surface area contributed by atoms with E-state index >= 15 is 0 Å². The second kappa shape index (κ2) is 8.87. The van der Waals surface area contributed by atoms with Crippen LogP contribution in [-0.4, -0.2) is 39.1 Å². The van der Waals surface area contributed by atoms with Crippen molar-refractivity contribution < 1.29 is 19.1 Å². The first-order chi connectivity index (χ1) is 14.6. The normalized spacial score (nSPS) is 11.9. The summed E-state index contributed by atoms with van der Waals surface area (Å²) in [6.45, 7) is 0.181. The number of rotatable bonds is 7. The molecule has 4 rings (SSSR count). The van der Waals surface area contributed by atoms with Crippen LogP contribution >= 0.6 is 11.8 Å². The molecule has 154 valence electrons. The summed E-state index contributed by atoms with van der Waals surface area (Å²) in [6.07, 6.45) is 0.0857. The van der Waals surface area contributed by atoms with E-state index in [1.54, 1.807) is 29.8 Å². The number of thioether (sulfide) groups is 1. The fourth-order valence-corrected chi connectivity index (χ4v) is 3.53. The largest absolute Gasteiger partial charge is 0.454 e. The van der Waals surface area contributed by atoms with Crippen LogP contribution in [-0.2, 0) is 23.1 Å². The highest BCUT2D eigenvalue weighted by atomic mass is 32.2. The summed E-state index contributed by atoms with van der Waals surface area (Å²) in [5.41, 5.74) is 1.35. The van der Waals surface area contributed by atoms with Gasteiger partial charge in [0.1, 0.15) is 5.82 Å². The molecular weight excluding hydrogens is 406 g/mol. The smallest absolute Gasteiger partial charge is 0.234 e. The third kappa shape index (κ3) is 4.71. The molecule has 2 heterocycles. The fourth-order valence-electron chi connectivity index (χ4n) is 2.80. The molecule has 2 amide bonds. The molecule has 0 unspecified atom stereocenters. The van der Waals surface area contributed by atoms with Crippen molar-refractivity contribution in [2.75, 3.05) is 23.2 Å². The molecular formula is C20H19N5O4S. The molecule has 3 aromatic rings. The third-order valence-electron chi connectivity index (χ3n) is 4.29. The molecule has 0 aliphatic carbocycles. The van der Waals surface area contributed by atoms with Crippen molar-refractivity contribution in [1.82, 2.24) is 14.8 Å². The Labute approximate surface area is 176 Å². The minimum Gasteiger partial charge on any atom is -0.454 e. The highest BCUT2D eigenvalue weighted by Gasteiger charge is 2.16. The molecule has 0 spiro atoms. The molecule has 2 N–H and O–H groups in total. The zero-order chi connectivity index (χ0) is 20.9. The average molecular weight is 425 g/mol. The second-order valence-corrected chi connectivity index (χ2v) is 7.40. The Bertz CT molecular complexity index is 1070. The lowest BCUT2D eigenvalue weighted by Crippen LogP contribution is -2.17. The van der Waals surface area contributed by atoms with E-state index in [-0.39, 0.29) is 30.8 Å². The van der Waals surface area contributed by atoms with Crippen LogP contribution in [0, 0.1) is 0 Å². The number of carbonyl (C=O) groups excluding carboxylic acids is 2. The fraction of sp³-hybridized carbons (Fsp3) is 0.200.